The summed E-state index contributed by atoms with van der Waals surface area (Å²) in [5, 5.41) is 0. The highest BCUT2D eigenvalue weighted by Gasteiger charge is 2.24. The molecule has 0 spiro atoms. The van der Waals surface area contributed by atoms with E-state index in [2.05, 4.69) is 17.1 Å². The van der Waals surface area contributed by atoms with Crippen LogP contribution in [0.4, 0.5) is 0 Å². The van der Waals surface area contributed by atoms with Crippen molar-refractivity contribution < 1.29 is 14.3 Å². The minimum atomic E-state index is 0.0859. The maximum Gasteiger partial charge on any atom is 0.254 e. The van der Waals surface area contributed by atoms with Crippen LogP contribution in [0.2, 0.25) is 0 Å². The van der Waals surface area contributed by atoms with Gasteiger partial charge in [0.25, 0.3) is 11.8 Å². The molecular weight excluding hydrogens is 366 g/mol. The lowest BCUT2D eigenvalue weighted by atomic mass is 9.89. The average molecular weight is 393 g/mol. The predicted octanol–water partition coefficient (Wildman–Crippen LogP) is 2.65. The van der Waals surface area contributed by atoms with Crippen LogP contribution in [0.15, 0.2) is 48.8 Å². The van der Waals surface area contributed by atoms with Gasteiger partial charge in [-0.05, 0) is 55.0 Å². The second kappa shape index (κ2) is 9.18. The number of hydrogen-bond acceptors (Lipinski definition) is 4. The summed E-state index contributed by atoms with van der Waals surface area (Å²) in [5.41, 5.74) is 2.70. The summed E-state index contributed by atoms with van der Waals surface area (Å²) < 4.78 is 5.32. The number of nitrogens with zero attached hydrogens (tertiary/aromatic N) is 3. The Bertz CT molecular complexity index is 824. The van der Waals surface area contributed by atoms with E-state index >= 15 is 0 Å². The van der Waals surface area contributed by atoms with Crippen molar-refractivity contribution in [2.45, 2.75) is 19.3 Å². The Kier molecular flexibility index (Phi) is 6.20. The number of morpholine rings is 1. The van der Waals surface area contributed by atoms with Gasteiger partial charge in [-0.1, -0.05) is 12.1 Å². The van der Waals surface area contributed by atoms with Crippen molar-refractivity contribution in [1.82, 2.24) is 14.8 Å². The molecule has 0 bridgehead atoms. The summed E-state index contributed by atoms with van der Waals surface area (Å²) in [6, 6.07) is 11.6. The number of benzene rings is 1. The third kappa shape index (κ3) is 4.82. The van der Waals surface area contributed by atoms with E-state index in [0.717, 1.165) is 37.9 Å². The predicted molar refractivity (Wildman–Crippen MR) is 110 cm³/mol. The van der Waals surface area contributed by atoms with Crippen LogP contribution < -0.4 is 0 Å². The molecule has 4 rings (SSSR count). The van der Waals surface area contributed by atoms with Gasteiger partial charge in [0.2, 0.25) is 0 Å². The second-order valence-corrected chi connectivity index (χ2v) is 7.78. The first kappa shape index (κ1) is 19.6. The SMILES string of the molecule is O=C(c1ccc(CC2CCN(C(=O)c3ccncc3)CC2)cc1)N1CCOCC1. The van der Waals surface area contributed by atoms with Crippen molar-refractivity contribution >= 4 is 11.8 Å². The molecule has 6 nitrogen and oxygen atoms in total. The number of pyridine rings is 1. The van der Waals surface area contributed by atoms with Crippen LogP contribution in [0.5, 0.6) is 0 Å². The van der Waals surface area contributed by atoms with Gasteiger partial charge in [0.15, 0.2) is 0 Å². The number of hydrogen-bond donors (Lipinski definition) is 0. The van der Waals surface area contributed by atoms with Crippen molar-refractivity contribution in [3.63, 3.8) is 0 Å². The van der Waals surface area contributed by atoms with Crippen molar-refractivity contribution in [2.75, 3.05) is 39.4 Å². The first-order valence-corrected chi connectivity index (χ1v) is 10.4. The van der Waals surface area contributed by atoms with E-state index in [1.54, 1.807) is 24.5 Å². The maximum atomic E-state index is 12.6. The van der Waals surface area contributed by atoms with Crippen molar-refractivity contribution in [1.29, 1.82) is 0 Å². The third-order valence-corrected chi connectivity index (χ3v) is 5.85. The highest BCUT2D eigenvalue weighted by Crippen LogP contribution is 2.23. The molecule has 29 heavy (non-hydrogen) atoms. The fraction of sp³-hybridized carbons (Fsp3) is 0.435. The number of amides is 2. The van der Waals surface area contributed by atoms with Crippen molar-refractivity contribution in [3.8, 4) is 0 Å². The molecule has 0 unspecified atom stereocenters. The van der Waals surface area contributed by atoms with Crippen LogP contribution in [0.1, 0.15) is 39.1 Å². The molecule has 3 heterocycles. The molecule has 2 amide bonds. The van der Waals surface area contributed by atoms with Crippen LogP contribution in [0, 0.1) is 5.92 Å². The molecule has 2 saturated heterocycles. The molecule has 2 aliphatic heterocycles. The first-order valence-electron chi connectivity index (χ1n) is 10.4. The van der Waals surface area contributed by atoms with Crippen LogP contribution in [-0.2, 0) is 11.2 Å². The number of carbonyl (C=O) groups is 2. The lowest BCUT2D eigenvalue weighted by Crippen LogP contribution is -2.40. The fourth-order valence-electron chi connectivity index (χ4n) is 4.08. The van der Waals surface area contributed by atoms with Gasteiger partial charge in [0.05, 0.1) is 13.2 Å². The molecule has 1 aromatic carbocycles. The summed E-state index contributed by atoms with van der Waals surface area (Å²) >= 11 is 0. The van der Waals surface area contributed by atoms with E-state index in [1.807, 2.05) is 21.9 Å². The quantitative estimate of drug-likeness (QED) is 0.801. The summed E-state index contributed by atoms with van der Waals surface area (Å²) in [6.07, 6.45) is 6.32. The molecule has 2 aromatic rings. The van der Waals surface area contributed by atoms with Gasteiger partial charge >= 0.3 is 0 Å². The molecule has 1 aromatic heterocycles. The van der Waals surface area contributed by atoms with Crippen molar-refractivity contribution in [3.05, 3.63) is 65.5 Å². The average Bonchev–Trinajstić information content (AvgIpc) is 2.80. The van der Waals surface area contributed by atoms with Gasteiger partial charge in [-0.25, -0.2) is 0 Å². The standard InChI is InChI=1S/C23H27N3O3/c27-22(26-13-15-29-16-14-26)20-3-1-18(2-4-20)17-19-7-11-25(12-8-19)23(28)21-5-9-24-10-6-21/h1-6,9-10,19H,7-8,11-17H2. The van der Waals surface area contributed by atoms with E-state index in [-0.39, 0.29) is 11.8 Å². The summed E-state index contributed by atoms with van der Waals surface area (Å²) in [6.45, 7) is 4.14. The molecule has 0 radical (unpaired) electrons. The maximum absolute atomic E-state index is 12.6. The van der Waals surface area contributed by atoms with Crippen LogP contribution in [0.3, 0.4) is 0 Å². The lowest BCUT2D eigenvalue weighted by Gasteiger charge is -2.32. The van der Waals surface area contributed by atoms with Crippen LogP contribution in [-0.4, -0.2) is 66.0 Å². The Morgan fingerprint density at radius 1 is 0.828 bits per heavy atom. The van der Waals surface area contributed by atoms with Crippen LogP contribution >= 0.6 is 0 Å². The molecule has 0 N–H and O–H groups in total. The van der Waals surface area contributed by atoms with Gasteiger partial charge < -0.3 is 14.5 Å². The normalized spacial score (nSPS) is 17.9. The molecule has 2 fully saturated rings. The number of ether oxygens (including phenoxy) is 1. The Balaban J connectivity index is 1.28. The summed E-state index contributed by atoms with van der Waals surface area (Å²) in [7, 11) is 0. The van der Waals surface area contributed by atoms with Gasteiger partial charge in [-0.2, -0.15) is 0 Å². The smallest absolute Gasteiger partial charge is 0.254 e. The largest absolute Gasteiger partial charge is 0.378 e. The number of likely N-dealkylation sites (tertiary alicyclic amines) is 1. The van der Waals surface area contributed by atoms with E-state index in [0.29, 0.717) is 37.8 Å². The Morgan fingerprint density at radius 2 is 1.38 bits per heavy atom. The van der Waals surface area contributed by atoms with E-state index in [1.165, 1.54) is 5.56 Å². The second-order valence-electron chi connectivity index (χ2n) is 7.78. The van der Waals surface area contributed by atoms with Gasteiger partial charge in [-0.3, -0.25) is 14.6 Å². The number of rotatable bonds is 4. The number of carbonyl (C=O) groups excluding carboxylic acids is 2. The zero-order chi connectivity index (χ0) is 20.1. The van der Waals surface area contributed by atoms with Gasteiger partial charge in [0.1, 0.15) is 0 Å². The fourth-order valence-corrected chi connectivity index (χ4v) is 4.08. The Hall–Kier alpha value is -2.73. The van der Waals surface area contributed by atoms with Crippen LogP contribution in [0.25, 0.3) is 0 Å². The molecule has 0 aliphatic carbocycles. The lowest BCUT2D eigenvalue weighted by molar-refractivity contribution is 0.0303. The Morgan fingerprint density at radius 3 is 2.00 bits per heavy atom. The molecule has 0 atom stereocenters. The highest BCUT2D eigenvalue weighted by atomic mass is 16.5. The minimum Gasteiger partial charge on any atom is -0.378 e. The molecule has 6 heteroatoms. The number of aromatic nitrogens is 1. The summed E-state index contributed by atoms with van der Waals surface area (Å²) in [4.78, 5) is 32.9. The summed E-state index contributed by atoms with van der Waals surface area (Å²) in [5.74, 6) is 0.747. The highest BCUT2D eigenvalue weighted by molar-refractivity contribution is 5.94. The zero-order valence-electron chi connectivity index (χ0n) is 16.6. The molecule has 152 valence electrons. The topological polar surface area (TPSA) is 62.7 Å². The minimum absolute atomic E-state index is 0.0859. The van der Waals surface area contributed by atoms with E-state index in [4.69, 9.17) is 4.74 Å². The van der Waals surface area contributed by atoms with Crippen molar-refractivity contribution in [2.24, 2.45) is 5.92 Å². The Labute approximate surface area is 171 Å². The molecular formula is C23H27N3O3. The van der Waals surface area contributed by atoms with Gasteiger partial charge in [0, 0.05) is 49.7 Å². The monoisotopic (exact) mass is 393 g/mol. The molecule has 2 aliphatic rings. The van der Waals surface area contributed by atoms with E-state index < -0.39 is 0 Å². The third-order valence-electron chi connectivity index (χ3n) is 5.85. The van der Waals surface area contributed by atoms with E-state index in [9.17, 15) is 9.59 Å². The number of piperidine rings is 1. The first-order chi connectivity index (χ1) is 14.2. The zero-order valence-corrected chi connectivity index (χ0v) is 16.6. The molecule has 0 saturated carbocycles. The van der Waals surface area contributed by atoms with Gasteiger partial charge in [-0.15, -0.1) is 0 Å².